The third-order valence-corrected chi connectivity index (χ3v) is 4.75. The molecule has 5 nitrogen and oxygen atoms in total. The SMILES string of the molecule is CCCCOC(=O)CCCOS(=O)(=O)c1ccc(Cl)c(Cl)c1. The van der Waals surface area contributed by atoms with Crippen molar-refractivity contribution >= 4 is 39.3 Å². The van der Waals surface area contributed by atoms with Gasteiger partial charge in [-0.25, -0.2) is 0 Å². The van der Waals surface area contributed by atoms with Gasteiger partial charge in [0.2, 0.25) is 0 Å². The van der Waals surface area contributed by atoms with E-state index in [2.05, 4.69) is 0 Å². The molecule has 0 aromatic heterocycles. The molecule has 0 saturated heterocycles. The Balaban J connectivity index is 2.40. The average Bonchev–Trinajstić information content (AvgIpc) is 2.46. The lowest BCUT2D eigenvalue weighted by Crippen LogP contribution is -2.10. The van der Waals surface area contributed by atoms with Gasteiger partial charge in [0.25, 0.3) is 10.1 Å². The maximum atomic E-state index is 11.9. The fraction of sp³-hybridized carbons (Fsp3) is 0.500. The first-order valence-corrected chi connectivity index (χ1v) is 9.03. The molecule has 0 fully saturated rings. The van der Waals surface area contributed by atoms with Crippen molar-refractivity contribution in [1.29, 1.82) is 0 Å². The fourth-order valence-corrected chi connectivity index (χ4v) is 2.82. The molecule has 0 saturated carbocycles. The first-order valence-electron chi connectivity index (χ1n) is 6.87. The van der Waals surface area contributed by atoms with Crippen LogP contribution in [0.4, 0.5) is 0 Å². The van der Waals surface area contributed by atoms with E-state index in [4.69, 9.17) is 32.1 Å². The summed E-state index contributed by atoms with van der Waals surface area (Å²) in [6, 6.07) is 3.91. The van der Waals surface area contributed by atoms with E-state index in [-0.39, 0.29) is 40.4 Å². The van der Waals surface area contributed by atoms with Gasteiger partial charge in [0, 0.05) is 6.42 Å². The van der Waals surface area contributed by atoms with Gasteiger partial charge in [0.15, 0.2) is 0 Å². The highest BCUT2D eigenvalue weighted by Crippen LogP contribution is 2.25. The van der Waals surface area contributed by atoms with Gasteiger partial charge >= 0.3 is 5.97 Å². The molecule has 0 unspecified atom stereocenters. The van der Waals surface area contributed by atoms with Crippen molar-refractivity contribution in [2.75, 3.05) is 13.2 Å². The number of carbonyl (C=O) groups is 1. The molecule has 0 aliphatic rings. The molecule has 0 aliphatic heterocycles. The Kier molecular flexibility index (Phi) is 8.17. The molecule has 0 atom stereocenters. The van der Waals surface area contributed by atoms with Crippen LogP contribution in [-0.4, -0.2) is 27.6 Å². The lowest BCUT2D eigenvalue weighted by atomic mass is 10.3. The Morgan fingerprint density at radius 1 is 1.14 bits per heavy atom. The molecule has 0 spiro atoms. The Bertz CT molecular complexity index is 601. The molecule has 1 aromatic carbocycles. The van der Waals surface area contributed by atoms with Crippen LogP contribution in [0.3, 0.4) is 0 Å². The molecule has 0 amide bonds. The van der Waals surface area contributed by atoms with Gasteiger partial charge in [-0.2, -0.15) is 8.42 Å². The van der Waals surface area contributed by atoms with E-state index in [1.165, 1.54) is 18.2 Å². The second-order valence-corrected chi connectivity index (χ2v) is 6.96. The molecule has 0 heterocycles. The lowest BCUT2D eigenvalue weighted by molar-refractivity contribution is -0.144. The Hall–Kier alpha value is -0.820. The number of hydrogen-bond donors (Lipinski definition) is 0. The summed E-state index contributed by atoms with van der Waals surface area (Å²) in [6.07, 6.45) is 2.12. The maximum absolute atomic E-state index is 11.9. The summed E-state index contributed by atoms with van der Waals surface area (Å²) in [5, 5.41) is 0.390. The summed E-state index contributed by atoms with van der Waals surface area (Å²) in [4.78, 5) is 11.3. The standard InChI is InChI=1S/C14H18Cl2O5S/c1-2-3-8-20-14(17)5-4-9-21-22(18,19)11-6-7-12(15)13(16)10-11/h6-7,10H,2-5,8-9H2,1H3. The Labute approximate surface area is 140 Å². The van der Waals surface area contributed by atoms with Crippen molar-refractivity contribution < 1.29 is 22.1 Å². The van der Waals surface area contributed by atoms with Gasteiger partial charge in [-0.1, -0.05) is 36.5 Å². The third-order valence-electron chi connectivity index (χ3n) is 2.70. The molecule has 124 valence electrons. The average molecular weight is 369 g/mol. The van der Waals surface area contributed by atoms with E-state index in [9.17, 15) is 13.2 Å². The number of ether oxygens (including phenoxy) is 1. The predicted molar refractivity (Wildman–Crippen MR) is 84.7 cm³/mol. The molecule has 8 heteroatoms. The van der Waals surface area contributed by atoms with E-state index >= 15 is 0 Å². The highest BCUT2D eigenvalue weighted by molar-refractivity contribution is 7.86. The van der Waals surface area contributed by atoms with Crippen LogP contribution in [0.2, 0.25) is 10.0 Å². The summed E-state index contributed by atoms with van der Waals surface area (Å²) in [7, 11) is -3.91. The predicted octanol–water partition coefficient (Wildman–Crippen LogP) is 3.82. The van der Waals surface area contributed by atoms with Crippen molar-refractivity contribution in [2.24, 2.45) is 0 Å². The van der Waals surface area contributed by atoms with Crippen LogP contribution in [0, 0.1) is 0 Å². The smallest absolute Gasteiger partial charge is 0.305 e. The molecular weight excluding hydrogens is 351 g/mol. The summed E-state index contributed by atoms with van der Waals surface area (Å²) < 4.78 is 33.6. The zero-order chi connectivity index (χ0) is 16.6. The molecular formula is C14H18Cl2O5S. The molecule has 0 aliphatic carbocycles. The Morgan fingerprint density at radius 3 is 2.50 bits per heavy atom. The summed E-state index contributed by atoms with van der Waals surface area (Å²) in [5.41, 5.74) is 0. The minimum Gasteiger partial charge on any atom is -0.466 e. The second kappa shape index (κ2) is 9.35. The number of unbranched alkanes of at least 4 members (excludes halogenated alkanes) is 1. The van der Waals surface area contributed by atoms with Crippen LogP contribution >= 0.6 is 23.2 Å². The molecule has 1 aromatic rings. The van der Waals surface area contributed by atoms with Gasteiger partial charge < -0.3 is 4.74 Å². The number of hydrogen-bond acceptors (Lipinski definition) is 5. The largest absolute Gasteiger partial charge is 0.466 e. The molecule has 0 bridgehead atoms. The van der Waals surface area contributed by atoms with Crippen molar-refractivity contribution in [2.45, 2.75) is 37.5 Å². The number of carbonyl (C=O) groups excluding carboxylic acids is 1. The number of esters is 1. The van der Waals surface area contributed by atoms with Gasteiger partial charge in [-0.05, 0) is 31.0 Å². The van der Waals surface area contributed by atoms with E-state index in [0.29, 0.717) is 6.61 Å². The van der Waals surface area contributed by atoms with Crippen LogP contribution in [-0.2, 0) is 23.8 Å². The van der Waals surface area contributed by atoms with Gasteiger partial charge in [0.1, 0.15) is 0 Å². The molecule has 1 rings (SSSR count). The lowest BCUT2D eigenvalue weighted by Gasteiger charge is -2.07. The van der Waals surface area contributed by atoms with Crippen LogP contribution in [0.25, 0.3) is 0 Å². The normalized spacial score (nSPS) is 11.4. The minimum absolute atomic E-state index is 0.0765. The summed E-state index contributed by atoms with van der Waals surface area (Å²) >= 11 is 11.5. The maximum Gasteiger partial charge on any atom is 0.305 e. The second-order valence-electron chi connectivity index (χ2n) is 4.53. The number of rotatable bonds is 9. The van der Waals surface area contributed by atoms with Crippen molar-refractivity contribution in [3.8, 4) is 0 Å². The molecule has 0 N–H and O–H groups in total. The topological polar surface area (TPSA) is 69.7 Å². The third kappa shape index (κ3) is 6.52. The fourth-order valence-electron chi connectivity index (χ4n) is 1.49. The van der Waals surface area contributed by atoms with E-state index in [1.54, 1.807) is 0 Å². The highest BCUT2D eigenvalue weighted by atomic mass is 35.5. The van der Waals surface area contributed by atoms with E-state index < -0.39 is 10.1 Å². The first kappa shape index (κ1) is 19.2. The summed E-state index contributed by atoms with van der Waals surface area (Å²) in [5.74, 6) is -0.357. The van der Waals surface area contributed by atoms with Crippen molar-refractivity contribution in [1.82, 2.24) is 0 Å². The first-order chi connectivity index (χ1) is 10.4. The minimum atomic E-state index is -3.91. The van der Waals surface area contributed by atoms with Crippen LogP contribution in [0.15, 0.2) is 23.1 Å². The van der Waals surface area contributed by atoms with Crippen molar-refractivity contribution in [3.05, 3.63) is 28.2 Å². The zero-order valence-electron chi connectivity index (χ0n) is 12.2. The molecule has 0 radical (unpaired) electrons. The zero-order valence-corrected chi connectivity index (χ0v) is 14.5. The highest BCUT2D eigenvalue weighted by Gasteiger charge is 2.16. The van der Waals surface area contributed by atoms with E-state index in [0.717, 1.165) is 12.8 Å². The van der Waals surface area contributed by atoms with E-state index in [1.807, 2.05) is 6.92 Å². The molecule has 22 heavy (non-hydrogen) atoms. The van der Waals surface area contributed by atoms with Gasteiger partial charge in [-0.3, -0.25) is 8.98 Å². The Morgan fingerprint density at radius 2 is 1.86 bits per heavy atom. The van der Waals surface area contributed by atoms with Crippen molar-refractivity contribution in [3.63, 3.8) is 0 Å². The van der Waals surface area contributed by atoms with Gasteiger partial charge in [-0.15, -0.1) is 0 Å². The quantitative estimate of drug-likeness (QED) is 0.376. The van der Waals surface area contributed by atoms with Crippen LogP contribution in [0.1, 0.15) is 32.6 Å². The van der Waals surface area contributed by atoms with Crippen LogP contribution in [0.5, 0.6) is 0 Å². The van der Waals surface area contributed by atoms with Crippen LogP contribution < -0.4 is 0 Å². The monoisotopic (exact) mass is 368 g/mol. The summed E-state index contributed by atoms with van der Waals surface area (Å²) in [6.45, 7) is 2.28. The number of benzene rings is 1. The number of halogens is 2. The van der Waals surface area contributed by atoms with Gasteiger partial charge in [0.05, 0.1) is 28.2 Å².